The summed E-state index contributed by atoms with van der Waals surface area (Å²) >= 11 is 5.25. The third-order valence-electron chi connectivity index (χ3n) is 2.48. The summed E-state index contributed by atoms with van der Waals surface area (Å²) in [5.41, 5.74) is 0. The Labute approximate surface area is 118 Å². The van der Waals surface area contributed by atoms with E-state index in [-0.39, 0.29) is 0 Å². The lowest BCUT2D eigenvalue weighted by Crippen LogP contribution is -2.21. The van der Waals surface area contributed by atoms with Crippen LogP contribution in [0.1, 0.15) is 18.9 Å². The van der Waals surface area contributed by atoms with Gasteiger partial charge in [0.2, 0.25) is 0 Å². The van der Waals surface area contributed by atoms with Gasteiger partial charge in [0, 0.05) is 22.0 Å². The minimum atomic E-state index is 0.476. The van der Waals surface area contributed by atoms with Crippen LogP contribution in [-0.4, -0.2) is 16.2 Å². The Hall–Kier alpha value is -0.820. The van der Waals surface area contributed by atoms with Gasteiger partial charge in [-0.25, -0.2) is 0 Å². The van der Waals surface area contributed by atoms with Crippen molar-refractivity contribution in [3.8, 4) is 9.88 Å². The Morgan fingerprint density at radius 3 is 2.89 bits per heavy atom. The molecule has 3 aromatic rings. The highest BCUT2D eigenvalue weighted by Crippen LogP contribution is 2.37. The molecule has 0 saturated carbocycles. The van der Waals surface area contributed by atoms with E-state index in [4.69, 9.17) is 0 Å². The summed E-state index contributed by atoms with van der Waals surface area (Å²) in [6.45, 7) is 5.07. The van der Waals surface area contributed by atoms with E-state index in [1.165, 1.54) is 14.3 Å². The molecule has 0 atom stereocenters. The van der Waals surface area contributed by atoms with E-state index in [2.05, 4.69) is 46.9 Å². The fourth-order valence-corrected chi connectivity index (χ4v) is 4.53. The molecule has 0 radical (unpaired) electrons. The first-order chi connectivity index (χ1) is 8.72. The molecule has 3 heterocycles. The van der Waals surface area contributed by atoms with Crippen LogP contribution < -0.4 is 5.32 Å². The van der Waals surface area contributed by atoms with E-state index in [1.807, 2.05) is 0 Å². The van der Waals surface area contributed by atoms with E-state index in [1.54, 1.807) is 34.0 Å². The summed E-state index contributed by atoms with van der Waals surface area (Å²) < 4.78 is 2.68. The minimum Gasteiger partial charge on any atom is -0.308 e. The molecule has 0 amide bonds. The summed E-state index contributed by atoms with van der Waals surface area (Å²) in [7, 11) is 0. The van der Waals surface area contributed by atoms with Crippen LogP contribution in [0.2, 0.25) is 0 Å². The van der Waals surface area contributed by atoms with Gasteiger partial charge in [-0.15, -0.1) is 32.9 Å². The van der Waals surface area contributed by atoms with Crippen LogP contribution in [0.3, 0.4) is 0 Å². The van der Waals surface area contributed by atoms with Crippen molar-refractivity contribution in [3.63, 3.8) is 0 Å². The molecule has 6 heteroatoms. The zero-order valence-corrected chi connectivity index (χ0v) is 12.6. The van der Waals surface area contributed by atoms with Crippen LogP contribution in [0.5, 0.6) is 0 Å². The second-order valence-corrected chi connectivity index (χ2v) is 7.39. The van der Waals surface area contributed by atoms with Crippen LogP contribution in [-0.2, 0) is 6.54 Å². The second-order valence-electron chi connectivity index (χ2n) is 4.30. The summed E-state index contributed by atoms with van der Waals surface area (Å²) in [6.07, 6.45) is 0. The first kappa shape index (κ1) is 12.2. The molecule has 1 N–H and O–H groups in total. The highest BCUT2D eigenvalue weighted by molar-refractivity contribution is 7.30. The van der Waals surface area contributed by atoms with Crippen molar-refractivity contribution in [3.05, 3.63) is 22.5 Å². The minimum absolute atomic E-state index is 0.476. The van der Waals surface area contributed by atoms with Gasteiger partial charge in [0.15, 0.2) is 5.01 Å². The largest absolute Gasteiger partial charge is 0.308 e. The monoisotopic (exact) mass is 295 g/mol. The van der Waals surface area contributed by atoms with Gasteiger partial charge in [-0.3, -0.25) is 0 Å². The maximum absolute atomic E-state index is 4.28. The molecule has 0 aromatic carbocycles. The second kappa shape index (κ2) is 5.05. The Kier molecular flexibility index (Phi) is 3.43. The van der Waals surface area contributed by atoms with E-state index in [0.717, 1.165) is 16.6 Å². The highest BCUT2D eigenvalue weighted by atomic mass is 32.1. The molecule has 0 fully saturated rings. The van der Waals surface area contributed by atoms with Crippen molar-refractivity contribution in [1.29, 1.82) is 0 Å². The topological polar surface area (TPSA) is 37.8 Å². The zero-order valence-electron chi connectivity index (χ0n) is 10.1. The van der Waals surface area contributed by atoms with Gasteiger partial charge in [-0.2, -0.15) is 0 Å². The van der Waals surface area contributed by atoms with E-state index < -0.39 is 0 Å². The SMILES string of the molecule is CC(C)NCc1nnc(-c2cc3sccc3s2)s1. The molecule has 94 valence electrons. The summed E-state index contributed by atoms with van der Waals surface area (Å²) in [4.78, 5) is 1.23. The molecule has 18 heavy (non-hydrogen) atoms. The van der Waals surface area contributed by atoms with Crippen LogP contribution in [0.4, 0.5) is 0 Å². The summed E-state index contributed by atoms with van der Waals surface area (Å²) in [5.74, 6) is 0. The van der Waals surface area contributed by atoms with Crippen molar-refractivity contribution < 1.29 is 0 Å². The molecule has 0 saturated heterocycles. The molecule has 0 bridgehead atoms. The van der Waals surface area contributed by atoms with Gasteiger partial charge in [0.25, 0.3) is 0 Å². The van der Waals surface area contributed by atoms with E-state index >= 15 is 0 Å². The fourth-order valence-electron chi connectivity index (χ4n) is 1.59. The predicted octanol–water partition coefficient (Wildman–Crippen LogP) is 3.98. The molecule has 0 unspecified atom stereocenters. The van der Waals surface area contributed by atoms with Crippen molar-refractivity contribution in [2.75, 3.05) is 0 Å². The quantitative estimate of drug-likeness (QED) is 0.791. The number of nitrogens with zero attached hydrogens (tertiary/aromatic N) is 2. The third-order valence-corrected chi connectivity index (χ3v) is 5.66. The number of fused-ring (bicyclic) bond motifs is 1. The van der Waals surface area contributed by atoms with Crippen molar-refractivity contribution in [2.24, 2.45) is 0 Å². The molecule has 0 aliphatic rings. The lowest BCUT2D eigenvalue weighted by atomic mass is 10.4. The summed E-state index contributed by atoms with van der Waals surface area (Å²) in [5, 5.41) is 16.1. The lowest BCUT2D eigenvalue weighted by Gasteiger charge is -2.03. The molecular formula is C12H13N3S3. The van der Waals surface area contributed by atoms with Crippen molar-refractivity contribution in [1.82, 2.24) is 15.5 Å². The Balaban J connectivity index is 1.82. The smallest absolute Gasteiger partial charge is 0.157 e. The van der Waals surface area contributed by atoms with Crippen molar-refractivity contribution in [2.45, 2.75) is 26.4 Å². The molecule has 3 nitrogen and oxygen atoms in total. The Morgan fingerprint density at radius 2 is 2.11 bits per heavy atom. The third kappa shape index (κ3) is 2.47. The maximum Gasteiger partial charge on any atom is 0.157 e. The lowest BCUT2D eigenvalue weighted by molar-refractivity contribution is 0.585. The van der Waals surface area contributed by atoms with Gasteiger partial charge in [0.05, 0.1) is 4.88 Å². The number of aromatic nitrogens is 2. The fraction of sp³-hybridized carbons (Fsp3) is 0.333. The Morgan fingerprint density at radius 1 is 1.22 bits per heavy atom. The average molecular weight is 295 g/mol. The van der Waals surface area contributed by atoms with Crippen LogP contribution in [0.15, 0.2) is 17.5 Å². The predicted molar refractivity (Wildman–Crippen MR) is 80.6 cm³/mol. The van der Waals surface area contributed by atoms with E-state index in [0.29, 0.717) is 6.04 Å². The maximum atomic E-state index is 4.28. The molecule has 3 rings (SSSR count). The van der Waals surface area contributed by atoms with Crippen LogP contribution in [0, 0.1) is 0 Å². The van der Waals surface area contributed by atoms with Crippen molar-refractivity contribution >= 4 is 43.4 Å². The average Bonchev–Trinajstić information content (AvgIpc) is 3.00. The van der Waals surface area contributed by atoms with Gasteiger partial charge >= 0.3 is 0 Å². The summed E-state index contributed by atoms with van der Waals surface area (Å²) in [6, 6.07) is 4.85. The first-order valence-corrected chi connectivity index (χ1v) is 8.27. The van der Waals surface area contributed by atoms with Gasteiger partial charge in [-0.1, -0.05) is 25.2 Å². The van der Waals surface area contributed by atoms with Gasteiger partial charge in [-0.05, 0) is 17.5 Å². The van der Waals surface area contributed by atoms with E-state index in [9.17, 15) is 0 Å². The number of nitrogens with one attached hydrogen (secondary N) is 1. The Bertz CT molecular complexity index is 622. The molecule has 0 aliphatic carbocycles. The normalized spacial score (nSPS) is 11.7. The van der Waals surface area contributed by atoms with Gasteiger partial charge < -0.3 is 5.32 Å². The zero-order chi connectivity index (χ0) is 12.5. The molecule has 3 aromatic heterocycles. The highest BCUT2D eigenvalue weighted by Gasteiger charge is 2.10. The van der Waals surface area contributed by atoms with Crippen LogP contribution >= 0.6 is 34.0 Å². The van der Waals surface area contributed by atoms with Crippen LogP contribution in [0.25, 0.3) is 19.3 Å². The number of hydrogen-bond acceptors (Lipinski definition) is 6. The molecular weight excluding hydrogens is 282 g/mol. The van der Waals surface area contributed by atoms with Gasteiger partial charge in [0.1, 0.15) is 5.01 Å². The number of rotatable bonds is 4. The number of hydrogen-bond donors (Lipinski definition) is 1. The molecule has 0 spiro atoms. The molecule has 0 aliphatic heterocycles. The standard InChI is InChI=1S/C12H13N3S3/c1-7(2)13-6-11-14-15-12(18-11)10-5-9-8(17-10)3-4-16-9/h3-5,7,13H,6H2,1-2H3. The number of thiophene rings is 2. The first-order valence-electron chi connectivity index (χ1n) is 5.75.